The number of ether oxygens (including phenoxy) is 2. The van der Waals surface area contributed by atoms with Crippen molar-refractivity contribution in [2.45, 2.75) is 43.4 Å². The molecule has 2 bridgehead atoms. The molecule has 2 aliphatic rings. The molecule has 1 N–H and O–H groups in total. The molecule has 0 saturated heterocycles. The summed E-state index contributed by atoms with van der Waals surface area (Å²) in [6.45, 7) is 2.03. The van der Waals surface area contributed by atoms with Crippen LogP contribution >= 0.6 is 0 Å². The zero-order valence-electron chi connectivity index (χ0n) is 20.6. The van der Waals surface area contributed by atoms with Crippen molar-refractivity contribution >= 4 is 0 Å². The molecule has 0 aliphatic heterocycles. The molecule has 4 heteroatoms. The first-order chi connectivity index (χ1) is 17.1. The topological polar surface area (TPSA) is 41.9 Å². The zero-order chi connectivity index (χ0) is 24.1. The lowest BCUT2D eigenvalue weighted by Gasteiger charge is -2.33. The minimum absolute atomic E-state index is 0.195. The Kier molecular flexibility index (Phi) is 7.52. The van der Waals surface area contributed by atoms with Crippen molar-refractivity contribution in [2.24, 2.45) is 11.8 Å². The lowest BCUT2D eigenvalue weighted by Crippen LogP contribution is -2.40. The largest absolute Gasteiger partial charge is 0.494 e. The van der Waals surface area contributed by atoms with Gasteiger partial charge in [-0.15, -0.1) is 0 Å². The molecule has 3 aromatic carbocycles. The normalized spacial score (nSPS) is 23.6. The second-order valence-corrected chi connectivity index (χ2v) is 10.2. The quantitative estimate of drug-likeness (QED) is 0.375. The van der Waals surface area contributed by atoms with Crippen LogP contribution in [0, 0.1) is 11.8 Å². The molecule has 0 aromatic heterocycles. The predicted octanol–water partition coefficient (Wildman–Crippen LogP) is 5.51. The highest BCUT2D eigenvalue weighted by Crippen LogP contribution is 2.49. The molecule has 0 heterocycles. The lowest BCUT2D eigenvalue weighted by molar-refractivity contribution is -0.0722. The zero-order valence-corrected chi connectivity index (χ0v) is 20.6. The third-order valence-corrected chi connectivity index (χ3v) is 7.99. The molecule has 3 aromatic rings. The van der Waals surface area contributed by atoms with Gasteiger partial charge in [-0.3, -0.25) is 0 Å². The second-order valence-electron chi connectivity index (χ2n) is 10.2. The fraction of sp³-hybridized carbons (Fsp3) is 0.419. The van der Waals surface area contributed by atoms with Crippen LogP contribution in [0.25, 0.3) is 0 Å². The van der Waals surface area contributed by atoms with Crippen molar-refractivity contribution < 1.29 is 14.6 Å². The number of hydrogen-bond acceptors (Lipinski definition) is 4. The van der Waals surface area contributed by atoms with Crippen LogP contribution in [0.15, 0.2) is 91.0 Å². The van der Waals surface area contributed by atoms with Gasteiger partial charge in [0.1, 0.15) is 11.4 Å². The maximum absolute atomic E-state index is 11.8. The van der Waals surface area contributed by atoms with Crippen LogP contribution in [-0.2, 0) is 10.3 Å². The van der Waals surface area contributed by atoms with Crippen LogP contribution in [-0.4, -0.2) is 49.0 Å². The summed E-state index contributed by atoms with van der Waals surface area (Å²) >= 11 is 0. The molecule has 2 aliphatic carbocycles. The number of benzene rings is 3. The lowest BCUT2D eigenvalue weighted by atomic mass is 9.87. The van der Waals surface area contributed by atoms with Crippen LogP contribution in [0.3, 0.4) is 0 Å². The highest BCUT2D eigenvalue weighted by Gasteiger charge is 2.50. The molecule has 35 heavy (non-hydrogen) atoms. The molecule has 5 rings (SSSR count). The van der Waals surface area contributed by atoms with Crippen molar-refractivity contribution in [1.29, 1.82) is 0 Å². The smallest absolute Gasteiger partial charge is 0.138 e. The number of fused-ring (bicyclic) bond motifs is 2. The molecule has 0 spiro atoms. The predicted molar refractivity (Wildman–Crippen MR) is 139 cm³/mol. The van der Waals surface area contributed by atoms with Gasteiger partial charge in [-0.25, -0.2) is 0 Å². The van der Waals surface area contributed by atoms with E-state index in [9.17, 15) is 5.11 Å². The van der Waals surface area contributed by atoms with Crippen LogP contribution in [0.1, 0.15) is 36.8 Å². The SMILES string of the molecule is CN(CCCOc1ccccc1)C1C2CCC1C(OCC(O)(c1ccccc1)c1ccccc1)C2. The average molecular weight is 472 g/mol. The van der Waals surface area contributed by atoms with Crippen molar-refractivity contribution in [3.63, 3.8) is 0 Å². The van der Waals surface area contributed by atoms with Gasteiger partial charge in [0.15, 0.2) is 0 Å². The molecule has 4 nitrogen and oxygen atoms in total. The molecule has 0 radical (unpaired) electrons. The molecule has 2 saturated carbocycles. The van der Waals surface area contributed by atoms with Crippen LogP contribution in [0.2, 0.25) is 0 Å². The van der Waals surface area contributed by atoms with E-state index in [1.165, 1.54) is 12.8 Å². The first kappa shape index (κ1) is 24.1. The van der Waals surface area contributed by atoms with E-state index in [1.54, 1.807) is 0 Å². The van der Waals surface area contributed by atoms with E-state index in [2.05, 4.69) is 11.9 Å². The highest BCUT2D eigenvalue weighted by molar-refractivity contribution is 5.36. The van der Waals surface area contributed by atoms with E-state index in [4.69, 9.17) is 9.47 Å². The number of aliphatic hydroxyl groups is 1. The van der Waals surface area contributed by atoms with Crippen molar-refractivity contribution in [2.75, 3.05) is 26.8 Å². The Morgan fingerprint density at radius 2 is 1.46 bits per heavy atom. The first-order valence-corrected chi connectivity index (χ1v) is 13.0. The molecule has 0 amide bonds. The second kappa shape index (κ2) is 10.9. The van der Waals surface area contributed by atoms with Gasteiger partial charge in [0.2, 0.25) is 0 Å². The average Bonchev–Trinajstić information content (AvgIpc) is 3.49. The van der Waals surface area contributed by atoms with E-state index in [0.29, 0.717) is 17.9 Å². The van der Waals surface area contributed by atoms with Crippen LogP contribution in [0.5, 0.6) is 5.75 Å². The summed E-state index contributed by atoms with van der Waals surface area (Å²) < 4.78 is 12.5. The summed E-state index contributed by atoms with van der Waals surface area (Å²) in [6.07, 6.45) is 4.77. The standard InChI is InChI=1S/C31H37NO3/c1-32(20-11-21-34-27-16-9-4-10-17-27)30-24-18-19-28(30)29(22-24)35-23-31(33,25-12-5-2-6-13-25)26-14-7-3-8-15-26/h2-10,12-17,24,28-30,33H,11,18-23H2,1H3. The van der Waals surface area contributed by atoms with E-state index in [1.807, 2.05) is 91.0 Å². The number of para-hydroxylation sites is 1. The summed E-state index contributed by atoms with van der Waals surface area (Å²) in [5.41, 5.74) is 0.600. The van der Waals surface area contributed by atoms with Crippen molar-refractivity contribution in [3.05, 3.63) is 102 Å². The van der Waals surface area contributed by atoms with Gasteiger partial charge in [-0.05, 0) is 61.9 Å². The van der Waals surface area contributed by atoms with Gasteiger partial charge < -0.3 is 19.5 Å². The monoisotopic (exact) mass is 471 g/mol. The Balaban J connectivity index is 1.19. The minimum atomic E-state index is -1.15. The molecule has 4 atom stereocenters. The van der Waals surface area contributed by atoms with Crippen molar-refractivity contribution in [1.82, 2.24) is 4.90 Å². The fourth-order valence-corrected chi connectivity index (χ4v) is 6.27. The van der Waals surface area contributed by atoms with Gasteiger partial charge in [-0.1, -0.05) is 78.9 Å². The first-order valence-electron chi connectivity index (χ1n) is 13.0. The Morgan fingerprint density at radius 3 is 2.09 bits per heavy atom. The Morgan fingerprint density at radius 1 is 0.857 bits per heavy atom. The Labute approximate surface area is 209 Å². The van der Waals surface area contributed by atoms with E-state index >= 15 is 0 Å². The van der Waals surface area contributed by atoms with E-state index in [0.717, 1.165) is 42.9 Å². The third kappa shape index (κ3) is 5.30. The molecular formula is C31H37NO3. The summed E-state index contributed by atoms with van der Waals surface area (Å²) in [4.78, 5) is 2.53. The Hall–Kier alpha value is -2.66. The summed E-state index contributed by atoms with van der Waals surface area (Å²) in [7, 11) is 2.26. The van der Waals surface area contributed by atoms with Gasteiger partial charge in [0, 0.05) is 18.5 Å². The van der Waals surface area contributed by atoms with E-state index in [-0.39, 0.29) is 12.7 Å². The maximum atomic E-state index is 11.8. The third-order valence-electron chi connectivity index (χ3n) is 7.99. The molecule has 4 unspecified atom stereocenters. The van der Waals surface area contributed by atoms with Gasteiger partial charge in [0.25, 0.3) is 0 Å². The Bertz CT molecular complexity index is 1000. The fourth-order valence-electron chi connectivity index (χ4n) is 6.27. The highest BCUT2D eigenvalue weighted by atomic mass is 16.5. The summed E-state index contributed by atoms with van der Waals surface area (Å²) in [6, 6.07) is 30.4. The van der Waals surface area contributed by atoms with Gasteiger partial charge >= 0.3 is 0 Å². The minimum Gasteiger partial charge on any atom is -0.494 e. The number of nitrogens with zero attached hydrogens (tertiary/aromatic N) is 1. The van der Waals surface area contributed by atoms with Gasteiger partial charge in [-0.2, -0.15) is 0 Å². The molecule has 2 fully saturated rings. The summed E-state index contributed by atoms with van der Waals surface area (Å²) in [5.74, 6) is 2.14. The van der Waals surface area contributed by atoms with Gasteiger partial charge in [0.05, 0.1) is 19.3 Å². The number of hydrogen-bond donors (Lipinski definition) is 1. The van der Waals surface area contributed by atoms with Crippen LogP contribution in [0.4, 0.5) is 0 Å². The maximum Gasteiger partial charge on any atom is 0.138 e. The van der Waals surface area contributed by atoms with Crippen LogP contribution < -0.4 is 4.74 Å². The summed E-state index contributed by atoms with van der Waals surface area (Å²) in [5, 5.41) is 11.8. The number of rotatable bonds is 11. The molecular weight excluding hydrogens is 434 g/mol. The van der Waals surface area contributed by atoms with E-state index < -0.39 is 5.60 Å². The molecule has 184 valence electrons. The van der Waals surface area contributed by atoms with Crippen molar-refractivity contribution in [3.8, 4) is 5.75 Å².